The maximum absolute atomic E-state index is 11.2. The van der Waals surface area contributed by atoms with Crippen LogP contribution in [0, 0.1) is 5.92 Å². The molecule has 110 valence electrons. The lowest BCUT2D eigenvalue weighted by Gasteiger charge is -2.11. The Morgan fingerprint density at radius 2 is 1.73 bits per heavy atom. The SMILES string of the molecule is C[C@@H](Cc1nc(-c2ccccc2)nc2ccccc12)C(=O)O. The Bertz CT molecular complexity index is 816. The Morgan fingerprint density at radius 3 is 2.45 bits per heavy atom. The van der Waals surface area contributed by atoms with Gasteiger partial charge in [0.2, 0.25) is 0 Å². The molecule has 3 rings (SSSR count). The summed E-state index contributed by atoms with van der Waals surface area (Å²) in [5, 5.41) is 10.1. The first-order valence-corrected chi connectivity index (χ1v) is 7.19. The van der Waals surface area contributed by atoms with E-state index in [2.05, 4.69) is 9.97 Å². The monoisotopic (exact) mass is 292 g/mol. The number of hydrogen-bond donors (Lipinski definition) is 1. The van der Waals surface area contributed by atoms with Crippen molar-refractivity contribution in [3.05, 3.63) is 60.3 Å². The van der Waals surface area contributed by atoms with E-state index in [-0.39, 0.29) is 0 Å². The Kier molecular flexibility index (Phi) is 3.83. The molecule has 1 N–H and O–H groups in total. The molecule has 0 aliphatic rings. The standard InChI is InChI=1S/C18H16N2O2/c1-12(18(21)22)11-16-14-9-5-6-10-15(14)19-17(20-16)13-7-3-2-4-8-13/h2-10,12H,11H2,1H3,(H,21,22)/t12-/m0/s1. The van der Waals surface area contributed by atoms with E-state index in [0.29, 0.717) is 12.2 Å². The highest BCUT2D eigenvalue weighted by atomic mass is 16.4. The van der Waals surface area contributed by atoms with Crippen LogP contribution in [0.25, 0.3) is 22.3 Å². The predicted octanol–water partition coefficient (Wildman–Crippen LogP) is 3.56. The molecule has 0 aliphatic heterocycles. The van der Waals surface area contributed by atoms with Crippen LogP contribution in [-0.2, 0) is 11.2 Å². The van der Waals surface area contributed by atoms with Gasteiger partial charge < -0.3 is 5.11 Å². The summed E-state index contributed by atoms with van der Waals surface area (Å²) in [4.78, 5) is 20.4. The van der Waals surface area contributed by atoms with Gasteiger partial charge >= 0.3 is 5.97 Å². The van der Waals surface area contributed by atoms with Crippen molar-refractivity contribution in [1.82, 2.24) is 9.97 Å². The van der Waals surface area contributed by atoms with Gasteiger partial charge in [0.25, 0.3) is 0 Å². The van der Waals surface area contributed by atoms with Crippen LogP contribution in [0.3, 0.4) is 0 Å². The zero-order valence-electron chi connectivity index (χ0n) is 12.2. The van der Waals surface area contributed by atoms with Gasteiger partial charge in [-0.05, 0) is 6.07 Å². The number of nitrogens with zero attached hydrogens (tertiary/aromatic N) is 2. The number of aliphatic carboxylic acids is 1. The molecule has 0 amide bonds. The van der Waals surface area contributed by atoms with Gasteiger partial charge in [0.1, 0.15) is 0 Å². The molecule has 0 fully saturated rings. The maximum atomic E-state index is 11.2. The number of aromatic nitrogens is 2. The Labute approximate surface area is 128 Å². The third-order valence-electron chi connectivity index (χ3n) is 3.64. The molecule has 0 saturated heterocycles. The van der Waals surface area contributed by atoms with Gasteiger partial charge in [-0.25, -0.2) is 9.97 Å². The summed E-state index contributed by atoms with van der Waals surface area (Å²) in [5.41, 5.74) is 2.54. The fourth-order valence-electron chi connectivity index (χ4n) is 2.39. The zero-order valence-corrected chi connectivity index (χ0v) is 12.2. The second kappa shape index (κ2) is 5.93. The van der Waals surface area contributed by atoms with E-state index < -0.39 is 11.9 Å². The van der Waals surface area contributed by atoms with Crippen LogP contribution in [0.5, 0.6) is 0 Å². The maximum Gasteiger partial charge on any atom is 0.306 e. The molecule has 0 bridgehead atoms. The van der Waals surface area contributed by atoms with Gasteiger partial charge in [-0.3, -0.25) is 4.79 Å². The van der Waals surface area contributed by atoms with Crippen molar-refractivity contribution in [2.75, 3.05) is 0 Å². The number of carboxylic acids is 1. The largest absolute Gasteiger partial charge is 0.481 e. The summed E-state index contributed by atoms with van der Waals surface area (Å²) in [5.74, 6) is -0.669. The highest BCUT2D eigenvalue weighted by Gasteiger charge is 2.16. The fraction of sp³-hybridized carbons (Fsp3) is 0.167. The number of carbonyl (C=O) groups is 1. The van der Waals surface area contributed by atoms with E-state index >= 15 is 0 Å². The van der Waals surface area contributed by atoms with E-state index in [0.717, 1.165) is 22.2 Å². The molecule has 0 radical (unpaired) electrons. The molecule has 3 aromatic rings. The molecule has 4 nitrogen and oxygen atoms in total. The highest BCUT2D eigenvalue weighted by molar-refractivity contribution is 5.83. The molecule has 22 heavy (non-hydrogen) atoms. The summed E-state index contributed by atoms with van der Waals surface area (Å²) in [6.07, 6.45) is 0.387. The minimum Gasteiger partial charge on any atom is -0.481 e. The predicted molar refractivity (Wildman–Crippen MR) is 85.5 cm³/mol. The van der Waals surface area contributed by atoms with Gasteiger partial charge in [-0.15, -0.1) is 0 Å². The van der Waals surface area contributed by atoms with Crippen molar-refractivity contribution in [2.24, 2.45) is 5.92 Å². The Hall–Kier alpha value is -2.75. The Morgan fingerprint density at radius 1 is 1.05 bits per heavy atom. The third kappa shape index (κ3) is 2.81. The molecule has 0 aliphatic carbocycles. The van der Waals surface area contributed by atoms with Crippen LogP contribution in [0.2, 0.25) is 0 Å². The number of fused-ring (bicyclic) bond motifs is 1. The molecule has 2 aromatic carbocycles. The molecular weight excluding hydrogens is 276 g/mol. The van der Waals surface area contributed by atoms with Gasteiger partial charge in [0.05, 0.1) is 17.1 Å². The number of para-hydroxylation sites is 1. The van der Waals surface area contributed by atoms with Gasteiger partial charge in [-0.1, -0.05) is 55.5 Å². The van der Waals surface area contributed by atoms with Crippen molar-refractivity contribution in [1.29, 1.82) is 0 Å². The third-order valence-corrected chi connectivity index (χ3v) is 3.64. The van der Waals surface area contributed by atoms with Crippen molar-refractivity contribution in [2.45, 2.75) is 13.3 Å². The molecule has 0 saturated carbocycles. The van der Waals surface area contributed by atoms with Gasteiger partial charge in [-0.2, -0.15) is 0 Å². The molecule has 0 spiro atoms. The lowest BCUT2D eigenvalue weighted by atomic mass is 10.0. The van der Waals surface area contributed by atoms with Crippen molar-refractivity contribution < 1.29 is 9.90 Å². The van der Waals surface area contributed by atoms with E-state index in [1.807, 2.05) is 54.6 Å². The summed E-state index contributed by atoms with van der Waals surface area (Å²) >= 11 is 0. The topological polar surface area (TPSA) is 63.1 Å². The summed E-state index contributed by atoms with van der Waals surface area (Å²) in [6.45, 7) is 1.70. The van der Waals surface area contributed by atoms with Crippen LogP contribution >= 0.6 is 0 Å². The normalized spacial score (nSPS) is 12.2. The quantitative estimate of drug-likeness (QED) is 0.798. The average Bonchev–Trinajstić information content (AvgIpc) is 2.55. The second-order valence-electron chi connectivity index (χ2n) is 5.32. The average molecular weight is 292 g/mol. The molecule has 1 atom stereocenters. The number of benzene rings is 2. The molecule has 1 heterocycles. The Balaban J connectivity index is 2.14. The minimum atomic E-state index is -0.816. The molecule has 0 unspecified atom stereocenters. The first-order valence-electron chi connectivity index (χ1n) is 7.19. The lowest BCUT2D eigenvalue weighted by Crippen LogP contribution is -2.14. The van der Waals surface area contributed by atoms with Gasteiger partial charge in [0.15, 0.2) is 5.82 Å². The number of carboxylic acid groups (broad SMARTS) is 1. The molecular formula is C18H16N2O2. The fourth-order valence-corrected chi connectivity index (χ4v) is 2.39. The van der Waals surface area contributed by atoms with Crippen LogP contribution in [0.15, 0.2) is 54.6 Å². The summed E-state index contributed by atoms with van der Waals surface area (Å²) in [6, 6.07) is 17.4. The van der Waals surface area contributed by atoms with E-state index in [1.165, 1.54) is 0 Å². The summed E-state index contributed by atoms with van der Waals surface area (Å²) in [7, 11) is 0. The number of rotatable bonds is 4. The zero-order chi connectivity index (χ0) is 15.5. The lowest BCUT2D eigenvalue weighted by molar-refractivity contribution is -0.141. The van der Waals surface area contributed by atoms with Crippen LogP contribution in [0.1, 0.15) is 12.6 Å². The van der Waals surface area contributed by atoms with Crippen LogP contribution in [-0.4, -0.2) is 21.0 Å². The second-order valence-corrected chi connectivity index (χ2v) is 5.32. The van der Waals surface area contributed by atoms with Crippen LogP contribution < -0.4 is 0 Å². The first-order chi connectivity index (χ1) is 10.6. The summed E-state index contributed by atoms with van der Waals surface area (Å²) < 4.78 is 0. The first kappa shape index (κ1) is 14.2. The van der Waals surface area contributed by atoms with E-state index in [4.69, 9.17) is 5.11 Å². The van der Waals surface area contributed by atoms with Gasteiger partial charge in [0, 0.05) is 17.4 Å². The van der Waals surface area contributed by atoms with Crippen molar-refractivity contribution in [3.8, 4) is 11.4 Å². The van der Waals surface area contributed by atoms with E-state index in [1.54, 1.807) is 6.92 Å². The minimum absolute atomic E-state index is 0.387. The molecule has 1 aromatic heterocycles. The number of hydrogen-bond acceptors (Lipinski definition) is 3. The smallest absolute Gasteiger partial charge is 0.306 e. The van der Waals surface area contributed by atoms with Crippen LogP contribution in [0.4, 0.5) is 0 Å². The van der Waals surface area contributed by atoms with Crippen molar-refractivity contribution in [3.63, 3.8) is 0 Å². The van der Waals surface area contributed by atoms with E-state index in [9.17, 15) is 4.79 Å². The van der Waals surface area contributed by atoms with Crippen molar-refractivity contribution >= 4 is 16.9 Å². The highest BCUT2D eigenvalue weighted by Crippen LogP contribution is 2.23. The molecule has 4 heteroatoms.